The molecule has 2 aromatic carbocycles. The van der Waals surface area contributed by atoms with Crippen LogP contribution in [-0.4, -0.2) is 46.2 Å². The van der Waals surface area contributed by atoms with Gasteiger partial charge in [0, 0.05) is 48.8 Å². The number of phenolic OH excluding ortho intramolecular Hbond substituents is 1. The first-order valence-corrected chi connectivity index (χ1v) is 11.1. The molecule has 6 heteroatoms. The molecule has 0 spiro atoms. The molecule has 0 radical (unpaired) electrons. The summed E-state index contributed by atoms with van der Waals surface area (Å²) in [5, 5.41) is 14.0. The normalized spacial score (nSPS) is 14.8. The molecule has 4 rings (SSSR count). The smallest absolute Gasteiger partial charge is 0.253 e. The van der Waals surface area contributed by atoms with Crippen molar-refractivity contribution in [2.24, 2.45) is 0 Å². The van der Waals surface area contributed by atoms with Crippen LogP contribution >= 0.6 is 12.4 Å². The molecule has 2 N–H and O–H groups in total. The first kappa shape index (κ1) is 23.9. The van der Waals surface area contributed by atoms with Crippen LogP contribution in [0.4, 0.5) is 0 Å². The number of amides is 1. The van der Waals surface area contributed by atoms with Crippen molar-refractivity contribution in [1.29, 1.82) is 0 Å². The molecule has 0 aliphatic carbocycles. The highest BCUT2D eigenvalue weighted by Gasteiger charge is 2.25. The van der Waals surface area contributed by atoms with Crippen molar-refractivity contribution in [2.45, 2.75) is 38.8 Å². The molecule has 1 aliphatic heterocycles. The van der Waals surface area contributed by atoms with Crippen LogP contribution in [0.2, 0.25) is 0 Å². The Morgan fingerprint density at radius 2 is 1.91 bits per heavy atom. The van der Waals surface area contributed by atoms with Crippen molar-refractivity contribution in [3.8, 4) is 5.75 Å². The summed E-state index contributed by atoms with van der Waals surface area (Å²) in [5.41, 5.74) is 3.86. The number of likely N-dealkylation sites (tertiary alicyclic amines) is 1. The maximum absolute atomic E-state index is 13.2. The number of hydrogen-bond donors (Lipinski definition) is 2. The zero-order chi connectivity index (χ0) is 21.8. The molecule has 5 nitrogen and oxygen atoms in total. The number of carbonyl (C=O) groups excluding carboxylic acids is 1. The fourth-order valence-corrected chi connectivity index (χ4v) is 4.61. The number of allylic oxidation sites excluding steroid dienone is 1. The summed E-state index contributed by atoms with van der Waals surface area (Å²) in [7, 11) is 0. The van der Waals surface area contributed by atoms with E-state index in [4.69, 9.17) is 0 Å². The predicted octanol–water partition coefficient (Wildman–Crippen LogP) is 4.70. The molecule has 170 valence electrons. The number of phenols is 1. The Hall–Kier alpha value is -2.76. The number of aromatic hydroxyl groups is 1. The van der Waals surface area contributed by atoms with Crippen LogP contribution in [-0.2, 0) is 13.0 Å². The summed E-state index contributed by atoms with van der Waals surface area (Å²) in [6, 6.07) is 16.0. The van der Waals surface area contributed by atoms with Crippen LogP contribution in [0, 0.1) is 6.92 Å². The summed E-state index contributed by atoms with van der Waals surface area (Å²) >= 11 is 0. The maximum Gasteiger partial charge on any atom is 0.253 e. The number of hydrogen-bond acceptors (Lipinski definition) is 3. The molecule has 0 bridgehead atoms. The second-order valence-corrected chi connectivity index (χ2v) is 8.39. The molecule has 32 heavy (non-hydrogen) atoms. The van der Waals surface area contributed by atoms with E-state index in [0.717, 1.165) is 55.5 Å². The van der Waals surface area contributed by atoms with Gasteiger partial charge in [-0.25, -0.2) is 0 Å². The third kappa shape index (κ3) is 5.17. The summed E-state index contributed by atoms with van der Waals surface area (Å²) in [6.07, 6.45) is 4.79. The summed E-state index contributed by atoms with van der Waals surface area (Å²) < 4.78 is 2.07. The fraction of sp³-hybridized carbons (Fsp3) is 0.346. The van der Waals surface area contributed by atoms with Gasteiger partial charge in [-0.3, -0.25) is 4.79 Å². The average Bonchev–Trinajstić information content (AvgIpc) is 3.05. The third-order valence-electron chi connectivity index (χ3n) is 6.33. The number of aromatic nitrogens is 1. The van der Waals surface area contributed by atoms with Crippen molar-refractivity contribution in [3.05, 3.63) is 78.0 Å². The molecule has 1 saturated heterocycles. The minimum absolute atomic E-state index is 0. The Morgan fingerprint density at radius 3 is 2.59 bits per heavy atom. The van der Waals surface area contributed by atoms with Crippen LogP contribution in [0.25, 0.3) is 10.9 Å². The number of benzene rings is 2. The van der Waals surface area contributed by atoms with Gasteiger partial charge in [0.05, 0.1) is 5.56 Å². The van der Waals surface area contributed by atoms with Gasteiger partial charge in [0.1, 0.15) is 5.75 Å². The Labute approximate surface area is 196 Å². The van der Waals surface area contributed by atoms with E-state index in [0.29, 0.717) is 12.1 Å². The molecule has 1 fully saturated rings. The van der Waals surface area contributed by atoms with Crippen molar-refractivity contribution in [1.82, 2.24) is 14.8 Å². The third-order valence-corrected chi connectivity index (χ3v) is 6.33. The molecule has 1 aromatic heterocycles. The predicted molar refractivity (Wildman–Crippen MR) is 133 cm³/mol. The van der Waals surface area contributed by atoms with E-state index in [1.54, 1.807) is 12.1 Å². The van der Waals surface area contributed by atoms with Gasteiger partial charge in [-0.05, 0) is 49.9 Å². The van der Waals surface area contributed by atoms with Gasteiger partial charge >= 0.3 is 0 Å². The Morgan fingerprint density at radius 1 is 1.19 bits per heavy atom. The molecule has 3 aromatic rings. The fourth-order valence-electron chi connectivity index (χ4n) is 4.61. The van der Waals surface area contributed by atoms with Crippen LogP contribution < -0.4 is 5.32 Å². The molecule has 1 amide bonds. The Kier molecular flexibility index (Phi) is 7.99. The van der Waals surface area contributed by atoms with E-state index in [1.807, 2.05) is 19.1 Å². The van der Waals surface area contributed by atoms with E-state index in [-0.39, 0.29) is 30.1 Å². The van der Waals surface area contributed by atoms with Gasteiger partial charge < -0.3 is 19.9 Å². The number of piperidine rings is 1. The van der Waals surface area contributed by atoms with E-state index in [1.165, 1.54) is 5.56 Å². The van der Waals surface area contributed by atoms with Crippen LogP contribution in [0.15, 0.2) is 61.2 Å². The molecule has 0 atom stereocenters. The topological polar surface area (TPSA) is 57.5 Å². The first-order chi connectivity index (χ1) is 15.1. The SMILES string of the molecule is C=CCn1c(C)c(C(=O)NC2CCN(CCc3ccccc3)CC2)c2cc(O)ccc21.Cl. The summed E-state index contributed by atoms with van der Waals surface area (Å²) in [5.74, 6) is 0.114. The largest absolute Gasteiger partial charge is 0.508 e. The number of nitrogens with zero attached hydrogens (tertiary/aromatic N) is 2. The van der Waals surface area contributed by atoms with Crippen molar-refractivity contribution < 1.29 is 9.90 Å². The molecular weight excluding hydrogens is 422 g/mol. The molecule has 0 saturated carbocycles. The van der Waals surface area contributed by atoms with Gasteiger partial charge in [-0.2, -0.15) is 0 Å². The lowest BCUT2D eigenvalue weighted by atomic mass is 10.0. The lowest BCUT2D eigenvalue weighted by Crippen LogP contribution is -2.45. The Balaban J connectivity index is 0.00000289. The zero-order valence-corrected chi connectivity index (χ0v) is 19.4. The van der Waals surface area contributed by atoms with Gasteiger partial charge in [0.25, 0.3) is 5.91 Å². The minimum Gasteiger partial charge on any atom is -0.508 e. The van der Waals surface area contributed by atoms with Gasteiger partial charge in [-0.1, -0.05) is 36.4 Å². The number of carbonyl (C=O) groups is 1. The number of halogens is 1. The van der Waals surface area contributed by atoms with E-state index >= 15 is 0 Å². The lowest BCUT2D eigenvalue weighted by molar-refractivity contribution is 0.0912. The van der Waals surface area contributed by atoms with Crippen molar-refractivity contribution >= 4 is 29.2 Å². The van der Waals surface area contributed by atoms with Gasteiger partial charge in [0.15, 0.2) is 0 Å². The maximum atomic E-state index is 13.2. The molecular formula is C26H32ClN3O2. The zero-order valence-electron chi connectivity index (χ0n) is 18.6. The monoisotopic (exact) mass is 453 g/mol. The highest BCUT2D eigenvalue weighted by molar-refractivity contribution is 6.09. The standard InChI is InChI=1S/C26H31N3O2.ClH/c1-3-14-29-19(2)25(23-18-22(30)9-10-24(23)29)26(31)27-21-12-16-28(17-13-21)15-11-20-7-5-4-6-8-20;/h3-10,18,21,30H,1,11-17H2,2H3,(H,27,31);1H. The lowest BCUT2D eigenvalue weighted by Gasteiger charge is -2.32. The average molecular weight is 454 g/mol. The van der Waals surface area contributed by atoms with E-state index in [2.05, 4.69) is 51.7 Å². The number of fused-ring (bicyclic) bond motifs is 1. The van der Waals surface area contributed by atoms with Gasteiger partial charge in [-0.15, -0.1) is 19.0 Å². The summed E-state index contributed by atoms with van der Waals surface area (Å²) in [4.78, 5) is 15.7. The Bertz CT molecular complexity index is 1070. The molecule has 0 unspecified atom stereocenters. The first-order valence-electron chi connectivity index (χ1n) is 11.1. The van der Waals surface area contributed by atoms with Crippen LogP contribution in [0.3, 0.4) is 0 Å². The number of nitrogens with one attached hydrogen (secondary N) is 1. The van der Waals surface area contributed by atoms with E-state index < -0.39 is 0 Å². The molecule has 1 aliphatic rings. The second-order valence-electron chi connectivity index (χ2n) is 8.39. The number of rotatable bonds is 7. The highest BCUT2D eigenvalue weighted by Crippen LogP contribution is 2.29. The summed E-state index contributed by atoms with van der Waals surface area (Å²) in [6.45, 7) is 9.47. The minimum atomic E-state index is -0.0568. The van der Waals surface area contributed by atoms with Crippen LogP contribution in [0.5, 0.6) is 5.75 Å². The highest BCUT2D eigenvalue weighted by atomic mass is 35.5. The van der Waals surface area contributed by atoms with Crippen LogP contribution in [0.1, 0.15) is 34.5 Å². The molecule has 2 heterocycles. The van der Waals surface area contributed by atoms with E-state index in [9.17, 15) is 9.90 Å². The van der Waals surface area contributed by atoms with Gasteiger partial charge in [0.2, 0.25) is 0 Å². The quantitative estimate of drug-likeness (QED) is 0.510. The van der Waals surface area contributed by atoms with Crippen molar-refractivity contribution in [3.63, 3.8) is 0 Å². The second kappa shape index (κ2) is 10.7. The van der Waals surface area contributed by atoms with Crippen molar-refractivity contribution in [2.75, 3.05) is 19.6 Å².